The number of ether oxygens (including phenoxy) is 2. The lowest BCUT2D eigenvalue weighted by atomic mass is 10.1. The molecule has 0 bridgehead atoms. The zero-order valence-electron chi connectivity index (χ0n) is 18.7. The fourth-order valence-corrected chi connectivity index (χ4v) is 3.96. The molecule has 2 aliphatic heterocycles. The molecule has 8 heteroatoms. The third-order valence-electron chi connectivity index (χ3n) is 5.74. The van der Waals surface area contributed by atoms with Gasteiger partial charge in [-0.3, -0.25) is 14.4 Å². The molecule has 0 radical (unpaired) electrons. The van der Waals surface area contributed by atoms with Crippen LogP contribution in [0.4, 0.5) is 5.69 Å². The normalized spacial score (nSPS) is 17.5. The summed E-state index contributed by atoms with van der Waals surface area (Å²) >= 11 is 0. The van der Waals surface area contributed by atoms with E-state index in [0.717, 1.165) is 32.4 Å². The Balaban J connectivity index is 1.46. The predicted octanol–water partition coefficient (Wildman–Crippen LogP) is 3.20. The average molecular weight is 450 g/mol. The highest BCUT2D eigenvalue weighted by Gasteiger charge is 2.26. The molecule has 172 valence electrons. The highest BCUT2D eigenvalue weighted by Crippen LogP contribution is 2.33. The van der Waals surface area contributed by atoms with E-state index in [-0.39, 0.29) is 17.6 Å². The van der Waals surface area contributed by atoms with Gasteiger partial charge in [-0.2, -0.15) is 0 Å². The van der Waals surface area contributed by atoms with E-state index in [9.17, 15) is 14.4 Å². The average Bonchev–Trinajstić information content (AvgIpc) is 2.84. The molecule has 2 aromatic rings. The number of hydrogen-bond donors (Lipinski definition) is 2. The van der Waals surface area contributed by atoms with Crippen LogP contribution in [0.3, 0.4) is 0 Å². The van der Waals surface area contributed by atoms with Crippen molar-refractivity contribution >= 4 is 29.5 Å². The number of nitrogens with zero attached hydrogens (tertiary/aromatic N) is 1. The number of piperidine rings is 1. The second-order valence-electron chi connectivity index (χ2n) is 8.10. The predicted molar refractivity (Wildman–Crippen MR) is 124 cm³/mol. The van der Waals surface area contributed by atoms with Crippen molar-refractivity contribution in [1.82, 2.24) is 10.2 Å². The van der Waals surface area contributed by atoms with Crippen molar-refractivity contribution in [2.75, 3.05) is 25.5 Å². The Hall–Kier alpha value is -3.81. The first-order valence-corrected chi connectivity index (χ1v) is 11.0. The van der Waals surface area contributed by atoms with Gasteiger partial charge in [0.1, 0.15) is 11.8 Å². The second kappa shape index (κ2) is 9.77. The molecule has 0 aliphatic carbocycles. The van der Waals surface area contributed by atoms with Gasteiger partial charge in [0.15, 0.2) is 11.5 Å². The molecule has 1 atom stereocenters. The molecule has 4 rings (SSSR count). The van der Waals surface area contributed by atoms with Crippen LogP contribution in [0.2, 0.25) is 0 Å². The number of fused-ring (bicyclic) bond motifs is 1. The summed E-state index contributed by atoms with van der Waals surface area (Å²) in [6, 6.07) is 11.4. The van der Waals surface area contributed by atoms with Crippen molar-refractivity contribution in [2.45, 2.75) is 32.2 Å². The number of nitrogens with one attached hydrogen (secondary N) is 2. The van der Waals surface area contributed by atoms with Crippen LogP contribution in [0.5, 0.6) is 11.5 Å². The summed E-state index contributed by atoms with van der Waals surface area (Å²) in [5.41, 5.74) is 1.42. The Bertz CT molecular complexity index is 1100. The van der Waals surface area contributed by atoms with Gasteiger partial charge in [-0.1, -0.05) is 18.2 Å². The zero-order chi connectivity index (χ0) is 23.4. The second-order valence-corrected chi connectivity index (χ2v) is 8.10. The Morgan fingerprint density at radius 1 is 1.15 bits per heavy atom. The van der Waals surface area contributed by atoms with E-state index in [2.05, 4.69) is 10.6 Å². The molecule has 1 saturated heterocycles. The summed E-state index contributed by atoms with van der Waals surface area (Å²) in [7, 11) is 1.56. The first kappa shape index (κ1) is 22.4. The summed E-state index contributed by atoms with van der Waals surface area (Å²) in [5.74, 6) is 0.255. The summed E-state index contributed by atoms with van der Waals surface area (Å²) in [6.07, 6.45) is 4.71. The minimum absolute atomic E-state index is 0.0798. The highest BCUT2D eigenvalue weighted by atomic mass is 16.5. The molecule has 0 saturated carbocycles. The minimum Gasteiger partial charge on any atom is -0.496 e. The Morgan fingerprint density at radius 3 is 2.67 bits per heavy atom. The Labute approximate surface area is 192 Å². The number of likely N-dealkylation sites (tertiary alicyclic amines) is 1. The van der Waals surface area contributed by atoms with Gasteiger partial charge >= 0.3 is 0 Å². The molecule has 8 nitrogen and oxygen atoms in total. The lowest BCUT2D eigenvalue weighted by Crippen LogP contribution is -2.48. The van der Waals surface area contributed by atoms with Gasteiger partial charge in [-0.05, 0) is 56.5 Å². The number of methoxy groups -OCH3 is 1. The Kier molecular flexibility index (Phi) is 6.63. The van der Waals surface area contributed by atoms with Gasteiger partial charge in [-0.25, -0.2) is 0 Å². The fraction of sp³-hybridized carbons (Fsp3) is 0.320. The Morgan fingerprint density at radius 2 is 1.91 bits per heavy atom. The maximum Gasteiger partial charge on any atom is 0.291 e. The number of anilines is 1. The number of hydrogen-bond acceptors (Lipinski definition) is 5. The lowest BCUT2D eigenvalue weighted by molar-refractivity contribution is -0.133. The largest absolute Gasteiger partial charge is 0.496 e. The van der Waals surface area contributed by atoms with Crippen LogP contribution >= 0.6 is 0 Å². The first-order valence-electron chi connectivity index (χ1n) is 11.0. The molecule has 0 spiro atoms. The lowest BCUT2D eigenvalue weighted by Gasteiger charge is -2.29. The molecule has 1 fully saturated rings. The fourth-order valence-electron chi connectivity index (χ4n) is 3.96. The molecule has 33 heavy (non-hydrogen) atoms. The number of carbonyl (C=O) groups excluding carboxylic acids is 3. The topological polar surface area (TPSA) is 97.0 Å². The van der Waals surface area contributed by atoms with E-state index in [0.29, 0.717) is 28.3 Å². The third-order valence-corrected chi connectivity index (χ3v) is 5.74. The molecule has 0 aromatic heterocycles. The minimum atomic E-state index is -0.632. The molecule has 3 amide bonds. The summed E-state index contributed by atoms with van der Waals surface area (Å²) in [6.45, 7) is 3.14. The van der Waals surface area contributed by atoms with Gasteiger partial charge < -0.3 is 25.0 Å². The van der Waals surface area contributed by atoms with E-state index in [1.165, 1.54) is 0 Å². The SMILES string of the molecule is COc1ccccc1/C=C1\Oc2ccc(C(=O)N[C@H](C)C(=O)N3CCCCC3)cc2NC1=O. The van der Waals surface area contributed by atoms with E-state index in [1.54, 1.807) is 49.3 Å². The summed E-state index contributed by atoms with van der Waals surface area (Å²) < 4.78 is 11.1. The van der Waals surface area contributed by atoms with Gasteiger partial charge in [0.25, 0.3) is 11.8 Å². The smallest absolute Gasteiger partial charge is 0.291 e. The van der Waals surface area contributed by atoms with Crippen LogP contribution in [-0.2, 0) is 9.59 Å². The van der Waals surface area contributed by atoms with Crippen LogP contribution < -0.4 is 20.1 Å². The van der Waals surface area contributed by atoms with Crippen molar-refractivity contribution in [3.63, 3.8) is 0 Å². The number of carbonyl (C=O) groups is 3. The number of para-hydroxylation sites is 1. The van der Waals surface area contributed by atoms with Gasteiger partial charge in [-0.15, -0.1) is 0 Å². The summed E-state index contributed by atoms with van der Waals surface area (Å²) in [5, 5.41) is 5.52. The monoisotopic (exact) mass is 449 g/mol. The van der Waals surface area contributed by atoms with Crippen LogP contribution in [0.25, 0.3) is 6.08 Å². The zero-order valence-corrected chi connectivity index (χ0v) is 18.7. The standard InChI is InChI=1S/C25H27N3O5/c1-16(25(31)28-12-6-3-7-13-28)26-23(29)18-10-11-21-19(14-18)27-24(30)22(33-21)15-17-8-4-5-9-20(17)32-2/h4-5,8-11,14-16H,3,6-7,12-13H2,1-2H3,(H,26,29)(H,27,30)/b22-15-/t16-/m1/s1. The molecule has 0 unspecified atom stereocenters. The third kappa shape index (κ3) is 5.00. The van der Waals surface area contributed by atoms with Crippen LogP contribution in [0.15, 0.2) is 48.2 Å². The molecule has 2 aliphatic rings. The van der Waals surface area contributed by atoms with Crippen molar-refractivity contribution < 1.29 is 23.9 Å². The molecular weight excluding hydrogens is 422 g/mol. The number of amides is 3. The van der Waals surface area contributed by atoms with Crippen molar-refractivity contribution in [2.24, 2.45) is 0 Å². The quantitative estimate of drug-likeness (QED) is 0.684. The molecule has 2 N–H and O–H groups in total. The highest BCUT2D eigenvalue weighted by molar-refractivity contribution is 6.09. The molecule has 2 heterocycles. The van der Waals surface area contributed by atoms with Crippen molar-refractivity contribution in [3.05, 3.63) is 59.4 Å². The maximum absolute atomic E-state index is 12.7. The number of rotatable bonds is 5. The summed E-state index contributed by atoms with van der Waals surface area (Å²) in [4.78, 5) is 39.7. The van der Waals surface area contributed by atoms with Gasteiger partial charge in [0, 0.05) is 24.2 Å². The van der Waals surface area contributed by atoms with E-state index in [1.807, 2.05) is 18.2 Å². The van der Waals surface area contributed by atoms with E-state index < -0.39 is 11.9 Å². The van der Waals surface area contributed by atoms with Gasteiger partial charge in [0.05, 0.1) is 12.8 Å². The maximum atomic E-state index is 12.7. The van der Waals surface area contributed by atoms with Crippen molar-refractivity contribution in [3.8, 4) is 11.5 Å². The molecular formula is C25H27N3O5. The van der Waals surface area contributed by atoms with Crippen LogP contribution in [-0.4, -0.2) is 48.9 Å². The van der Waals surface area contributed by atoms with E-state index >= 15 is 0 Å². The van der Waals surface area contributed by atoms with Crippen LogP contribution in [0, 0.1) is 0 Å². The van der Waals surface area contributed by atoms with Crippen LogP contribution in [0.1, 0.15) is 42.1 Å². The van der Waals surface area contributed by atoms with E-state index in [4.69, 9.17) is 9.47 Å². The molecule has 2 aromatic carbocycles. The first-order chi connectivity index (χ1) is 16.0. The number of benzene rings is 2. The van der Waals surface area contributed by atoms with Crippen molar-refractivity contribution in [1.29, 1.82) is 0 Å². The van der Waals surface area contributed by atoms with Gasteiger partial charge in [0.2, 0.25) is 5.91 Å².